The topological polar surface area (TPSA) is 62.5 Å². The minimum atomic E-state index is -0.0682. The average Bonchev–Trinajstić information content (AvgIpc) is 2.70. The first kappa shape index (κ1) is 19.8. The van der Waals surface area contributed by atoms with Crippen molar-refractivity contribution in [3.8, 4) is 11.1 Å². The number of aliphatic hydroxyl groups excluding tert-OH is 1. The summed E-state index contributed by atoms with van der Waals surface area (Å²) in [5, 5.41) is 9.91. The summed E-state index contributed by atoms with van der Waals surface area (Å²) in [5.41, 5.74) is 3.03. The van der Waals surface area contributed by atoms with Crippen LogP contribution in [0.15, 0.2) is 59.5 Å². The van der Waals surface area contributed by atoms with Gasteiger partial charge in [0.1, 0.15) is 6.54 Å². The molecule has 0 spiro atoms. The predicted octanol–water partition coefficient (Wildman–Crippen LogP) is 3.21. The van der Waals surface area contributed by atoms with E-state index in [9.17, 15) is 14.7 Å². The van der Waals surface area contributed by atoms with Gasteiger partial charge in [0.2, 0.25) is 5.91 Å². The number of hydrogen-bond donors (Lipinski definition) is 1. The molecule has 0 atom stereocenters. The predicted molar refractivity (Wildman–Crippen MR) is 112 cm³/mol. The Morgan fingerprint density at radius 1 is 1.07 bits per heavy atom. The van der Waals surface area contributed by atoms with Crippen molar-refractivity contribution in [2.75, 3.05) is 19.7 Å². The first-order valence-electron chi connectivity index (χ1n) is 9.63. The largest absolute Gasteiger partial charge is 0.395 e. The Kier molecular flexibility index (Phi) is 6.26. The van der Waals surface area contributed by atoms with Crippen molar-refractivity contribution in [2.45, 2.75) is 26.8 Å². The van der Waals surface area contributed by atoms with Gasteiger partial charge in [0.15, 0.2) is 5.43 Å². The van der Waals surface area contributed by atoms with Crippen LogP contribution in [0.1, 0.15) is 18.9 Å². The number of aryl methyl sites for hydroxylation is 1. The quantitative estimate of drug-likeness (QED) is 0.687. The Hall–Kier alpha value is -2.92. The van der Waals surface area contributed by atoms with Gasteiger partial charge in [-0.2, -0.15) is 0 Å². The average molecular weight is 378 g/mol. The minimum absolute atomic E-state index is 0.0243. The number of amides is 1. The third-order valence-corrected chi connectivity index (χ3v) is 4.92. The zero-order chi connectivity index (χ0) is 20.1. The normalized spacial score (nSPS) is 11.0. The van der Waals surface area contributed by atoms with Crippen LogP contribution in [0.2, 0.25) is 0 Å². The van der Waals surface area contributed by atoms with Crippen molar-refractivity contribution >= 4 is 16.8 Å². The first-order valence-corrected chi connectivity index (χ1v) is 9.63. The number of carbonyl (C=O) groups excluding carboxylic acids is 1. The van der Waals surface area contributed by atoms with Crippen LogP contribution in [-0.4, -0.2) is 40.2 Å². The van der Waals surface area contributed by atoms with Crippen molar-refractivity contribution in [1.29, 1.82) is 0 Å². The Labute approximate surface area is 164 Å². The number of aliphatic hydroxyl groups is 1. The molecule has 3 aromatic rings. The maximum Gasteiger partial charge on any atom is 0.242 e. The number of nitrogens with zero attached hydrogens (tertiary/aromatic N) is 2. The Morgan fingerprint density at radius 3 is 2.50 bits per heavy atom. The molecule has 0 saturated carbocycles. The molecular weight excluding hydrogens is 352 g/mol. The zero-order valence-corrected chi connectivity index (χ0v) is 16.4. The van der Waals surface area contributed by atoms with Crippen molar-refractivity contribution in [3.63, 3.8) is 0 Å². The lowest BCUT2D eigenvalue weighted by Crippen LogP contribution is -2.36. The molecule has 0 aliphatic rings. The van der Waals surface area contributed by atoms with Crippen molar-refractivity contribution in [1.82, 2.24) is 9.47 Å². The van der Waals surface area contributed by atoms with Crippen molar-refractivity contribution in [2.24, 2.45) is 0 Å². The maximum atomic E-state index is 13.2. The van der Waals surface area contributed by atoms with Gasteiger partial charge >= 0.3 is 0 Å². The van der Waals surface area contributed by atoms with Gasteiger partial charge < -0.3 is 14.6 Å². The Balaban J connectivity index is 2.14. The van der Waals surface area contributed by atoms with E-state index in [0.29, 0.717) is 24.0 Å². The van der Waals surface area contributed by atoms with Gasteiger partial charge in [-0.3, -0.25) is 9.59 Å². The second kappa shape index (κ2) is 8.85. The third kappa shape index (κ3) is 3.99. The van der Waals surface area contributed by atoms with E-state index >= 15 is 0 Å². The standard InChI is InChI=1S/C23H26N2O3/c1-3-12-24(13-14-26)21(27)16-25-15-19(18-9-5-4-6-10-18)23(28)22-17(2)8-7-11-20(22)25/h4-11,15,26H,3,12-14,16H2,1-2H3. The summed E-state index contributed by atoms with van der Waals surface area (Å²) in [6.07, 6.45) is 2.60. The van der Waals surface area contributed by atoms with Gasteiger partial charge in [0.05, 0.1) is 12.1 Å². The van der Waals surface area contributed by atoms with Gasteiger partial charge in [-0.25, -0.2) is 0 Å². The SMILES string of the molecule is CCCN(CCO)C(=O)Cn1cc(-c2ccccc2)c(=O)c2c(C)cccc21. The summed E-state index contributed by atoms with van der Waals surface area (Å²) in [4.78, 5) is 27.7. The van der Waals surface area contributed by atoms with Crippen LogP contribution in [0.4, 0.5) is 0 Å². The third-order valence-electron chi connectivity index (χ3n) is 4.92. The number of pyridine rings is 1. The molecule has 3 rings (SSSR count). The van der Waals surface area contributed by atoms with Gasteiger partial charge in [-0.1, -0.05) is 49.4 Å². The summed E-state index contributed by atoms with van der Waals surface area (Å²) in [7, 11) is 0. The minimum Gasteiger partial charge on any atom is -0.395 e. The van der Waals surface area contributed by atoms with E-state index in [2.05, 4.69) is 0 Å². The Bertz CT molecular complexity index is 1020. The lowest BCUT2D eigenvalue weighted by atomic mass is 10.0. The van der Waals surface area contributed by atoms with E-state index in [1.165, 1.54) is 0 Å². The van der Waals surface area contributed by atoms with Gasteiger partial charge in [0.25, 0.3) is 0 Å². The molecule has 0 aliphatic heterocycles. The van der Waals surface area contributed by atoms with Gasteiger partial charge in [-0.15, -0.1) is 0 Å². The molecule has 0 bridgehead atoms. The van der Waals surface area contributed by atoms with Crippen LogP contribution in [0.25, 0.3) is 22.0 Å². The molecule has 5 heteroatoms. The molecular formula is C23H26N2O3. The van der Waals surface area contributed by atoms with Crippen LogP contribution in [-0.2, 0) is 11.3 Å². The highest BCUT2D eigenvalue weighted by atomic mass is 16.3. The van der Waals surface area contributed by atoms with E-state index in [4.69, 9.17) is 0 Å². The van der Waals surface area contributed by atoms with Crippen LogP contribution in [0, 0.1) is 6.92 Å². The number of benzene rings is 2. The van der Waals surface area contributed by atoms with Crippen LogP contribution < -0.4 is 5.43 Å². The highest BCUT2D eigenvalue weighted by Gasteiger charge is 2.17. The van der Waals surface area contributed by atoms with Crippen LogP contribution in [0.5, 0.6) is 0 Å². The summed E-state index contributed by atoms with van der Waals surface area (Å²) in [5.74, 6) is -0.0682. The molecule has 1 amide bonds. The fourth-order valence-corrected chi connectivity index (χ4v) is 3.56. The molecule has 0 radical (unpaired) electrons. The molecule has 1 N–H and O–H groups in total. The summed E-state index contributed by atoms with van der Waals surface area (Å²) < 4.78 is 1.86. The fourth-order valence-electron chi connectivity index (χ4n) is 3.56. The summed E-state index contributed by atoms with van der Waals surface area (Å²) in [6, 6.07) is 15.2. The molecule has 1 aromatic heterocycles. The summed E-state index contributed by atoms with van der Waals surface area (Å²) in [6.45, 7) is 4.89. The molecule has 2 aromatic carbocycles. The number of carbonyl (C=O) groups is 1. The number of aromatic nitrogens is 1. The van der Waals surface area contributed by atoms with Crippen LogP contribution >= 0.6 is 0 Å². The lowest BCUT2D eigenvalue weighted by Gasteiger charge is -2.23. The molecule has 1 heterocycles. The van der Waals surface area contributed by atoms with E-state index < -0.39 is 0 Å². The second-order valence-corrected chi connectivity index (χ2v) is 6.94. The van der Waals surface area contributed by atoms with E-state index in [1.807, 2.05) is 66.9 Å². The first-order chi connectivity index (χ1) is 13.6. The zero-order valence-electron chi connectivity index (χ0n) is 16.4. The highest BCUT2D eigenvalue weighted by Crippen LogP contribution is 2.22. The highest BCUT2D eigenvalue weighted by molar-refractivity contribution is 5.88. The number of fused-ring (bicyclic) bond motifs is 1. The molecule has 28 heavy (non-hydrogen) atoms. The lowest BCUT2D eigenvalue weighted by molar-refractivity contribution is -0.132. The van der Waals surface area contributed by atoms with Crippen molar-refractivity contribution < 1.29 is 9.90 Å². The smallest absolute Gasteiger partial charge is 0.242 e. The summed E-state index contributed by atoms with van der Waals surface area (Å²) >= 11 is 0. The monoisotopic (exact) mass is 378 g/mol. The Morgan fingerprint density at radius 2 is 1.82 bits per heavy atom. The second-order valence-electron chi connectivity index (χ2n) is 6.94. The molecule has 146 valence electrons. The molecule has 5 nitrogen and oxygen atoms in total. The maximum absolute atomic E-state index is 13.2. The number of rotatable bonds is 7. The fraction of sp³-hybridized carbons (Fsp3) is 0.304. The van der Waals surface area contributed by atoms with E-state index in [1.54, 1.807) is 11.1 Å². The van der Waals surface area contributed by atoms with Crippen molar-refractivity contribution in [3.05, 3.63) is 70.5 Å². The van der Waals surface area contributed by atoms with Crippen LogP contribution in [0.3, 0.4) is 0 Å². The van der Waals surface area contributed by atoms with Gasteiger partial charge in [-0.05, 0) is 30.5 Å². The molecule has 0 fully saturated rings. The van der Waals surface area contributed by atoms with E-state index in [-0.39, 0.29) is 24.5 Å². The molecule has 0 aliphatic carbocycles. The number of hydrogen-bond acceptors (Lipinski definition) is 3. The molecule has 0 saturated heterocycles. The van der Waals surface area contributed by atoms with Gasteiger partial charge in [0, 0.05) is 30.2 Å². The van der Waals surface area contributed by atoms with E-state index in [0.717, 1.165) is 23.1 Å². The molecule has 0 unspecified atom stereocenters.